The number of aliphatic carboxylic acids is 1. The first-order valence-electron chi connectivity index (χ1n) is 8.89. The summed E-state index contributed by atoms with van der Waals surface area (Å²) in [6, 6.07) is 3.88. The average molecular weight is 305 g/mol. The number of rotatable bonds is 12. The van der Waals surface area contributed by atoms with E-state index in [0.717, 1.165) is 24.9 Å². The van der Waals surface area contributed by atoms with Gasteiger partial charge in [-0.1, -0.05) is 46.0 Å². The molecule has 0 bridgehead atoms. The quantitative estimate of drug-likeness (QED) is 0.440. The first-order valence-corrected chi connectivity index (χ1v) is 8.89. The van der Waals surface area contributed by atoms with Crippen molar-refractivity contribution in [2.24, 2.45) is 0 Å². The molecule has 0 saturated carbocycles. The van der Waals surface area contributed by atoms with Crippen LogP contribution in [-0.4, -0.2) is 5.97 Å². The van der Waals surface area contributed by atoms with Gasteiger partial charge in [0.25, 0.3) is 0 Å². The number of unbranched alkanes of at least 4 members (excludes halogenated alkanes) is 6. The second-order valence-electron chi connectivity index (χ2n) is 6.09. The molecule has 0 fully saturated rings. The summed E-state index contributed by atoms with van der Waals surface area (Å²) < 4.78 is 2.24. The summed E-state index contributed by atoms with van der Waals surface area (Å²) in [4.78, 5) is 10.9. The van der Waals surface area contributed by atoms with Crippen LogP contribution in [0.3, 0.4) is 0 Å². The van der Waals surface area contributed by atoms with Gasteiger partial charge < -0.3 is 9.90 Å². The van der Waals surface area contributed by atoms with E-state index in [1.165, 1.54) is 50.6 Å². The van der Waals surface area contributed by atoms with Crippen molar-refractivity contribution in [2.75, 3.05) is 0 Å². The van der Waals surface area contributed by atoms with Gasteiger partial charge in [0.2, 0.25) is 0 Å². The van der Waals surface area contributed by atoms with Gasteiger partial charge in [-0.25, -0.2) is 4.57 Å². The minimum atomic E-state index is -0.994. The van der Waals surface area contributed by atoms with E-state index >= 15 is 0 Å². The minimum absolute atomic E-state index is 0.0210. The number of carboxylic acids is 1. The minimum Gasteiger partial charge on any atom is -0.550 e. The molecule has 0 atom stereocenters. The number of nitrogens with zero attached hydrogens (tertiary/aromatic N) is 1. The highest BCUT2D eigenvalue weighted by atomic mass is 16.4. The number of hydrogen-bond donors (Lipinski definition) is 0. The van der Waals surface area contributed by atoms with E-state index in [9.17, 15) is 9.90 Å². The van der Waals surface area contributed by atoms with Crippen LogP contribution in [-0.2, 0) is 24.2 Å². The maximum atomic E-state index is 10.9. The number of carbonyl (C=O) groups excluding carboxylic acids is 1. The van der Waals surface area contributed by atoms with E-state index in [1.807, 2.05) is 12.1 Å². The smallest absolute Gasteiger partial charge is 0.184 e. The summed E-state index contributed by atoms with van der Waals surface area (Å²) in [6.45, 7) is 5.36. The molecule has 0 aromatic carbocycles. The molecule has 1 aromatic heterocycles. The van der Waals surface area contributed by atoms with Gasteiger partial charge in [-0.3, -0.25) is 0 Å². The number of aromatic nitrogens is 1. The van der Waals surface area contributed by atoms with Gasteiger partial charge in [0.1, 0.15) is 6.54 Å². The monoisotopic (exact) mass is 305 g/mol. The lowest BCUT2D eigenvalue weighted by Crippen LogP contribution is -2.40. The van der Waals surface area contributed by atoms with Gasteiger partial charge in [-0.2, -0.15) is 0 Å². The number of hydrogen-bond acceptors (Lipinski definition) is 2. The van der Waals surface area contributed by atoms with Gasteiger partial charge in [0, 0.05) is 36.9 Å². The highest BCUT2D eigenvalue weighted by molar-refractivity contribution is 5.68. The summed E-state index contributed by atoms with van der Waals surface area (Å²) in [7, 11) is 0. The Labute approximate surface area is 135 Å². The Morgan fingerprint density at radius 1 is 1.05 bits per heavy atom. The summed E-state index contributed by atoms with van der Waals surface area (Å²) in [5, 5.41) is 10.9. The molecule has 22 heavy (non-hydrogen) atoms. The number of carbonyl (C=O) groups is 1. The Balaban J connectivity index is 2.52. The van der Waals surface area contributed by atoms with Crippen LogP contribution in [0.1, 0.15) is 76.5 Å². The zero-order valence-corrected chi connectivity index (χ0v) is 14.3. The maximum Gasteiger partial charge on any atom is 0.184 e. The van der Waals surface area contributed by atoms with E-state index in [0.29, 0.717) is 0 Å². The molecular formula is C19H31NO2. The third-order valence-electron chi connectivity index (χ3n) is 4.10. The molecule has 1 heterocycles. The molecule has 1 aromatic rings. The molecule has 0 aliphatic heterocycles. The van der Waals surface area contributed by atoms with Crippen LogP contribution in [0.15, 0.2) is 18.3 Å². The van der Waals surface area contributed by atoms with Crippen molar-refractivity contribution in [1.29, 1.82) is 0 Å². The highest BCUT2D eigenvalue weighted by Crippen LogP contribution is 2.10. The van der Waals surface area contributed by atoms with Crippen molar-refractivity contribution in [3.63, 3.8) is 0 Å². The van der Waals surface area contributed by atoms with E-state index in [1.54, 1.807) is 0 Å². The van der Waals surface area contributed by atoms with Gasteiger partial charge in [0.15, 0.2) is 11.9 Å². The van der Waals surface area contributed by atoms with Gasteiger partial charge in [-0.15, -0.1) is 0 Å². The van der Waals surface area contributed by atoms with Crippen LogP contribution < -0.4 is 9.67 Å². The van der Waals surface area contributed by atoms with Crippen molar-refractivity contribution in [3.05, 3.63) is 29.6 Å². The molecule has 0 aliphatic rings. The van der Waals surface area contributed by atoms with Crippen LogP contribution in [0.4, 0.5) is 0 Å². The van der Waals surface area contributed by atoms with Gasteiger partial charge in [0.05, 0.1) is 0 Å². The standard InChI is InChI=1S/C19H31NO2/c1-3-5-6-7-8-9-10-14-20-15-11-13-17(16-19(21)22)18(20)12-4-2/h11,13,15H,3-10,12,14,16H2,1-2H3. The van der Waals surface area contributed by atoms with Crippen molar-refractivity contribution in [1.82, 2.24) is 0 Å². The maximum absolute atomic E-state index is 10.9. The Bertz CT molecular complexity index is 443. The second-order valence-corrected chi connectivity index (χ2v) is 6.09. The van der Waals surface area contributed by atoms with Crippen molar-refractivity contribution < 1.29 is 14.5 Å². The molecule has 0 saturated heterocycles. The molecule has 0 spiro atoms. The Morgan fingerprint density at radius 3 is 2.36 bits per heavy atom. The molecule has 0 radical (unpaired) electrons. The molecule has 3 nitrogen and oxygen atoms in total. The molecule has 0 amide bonds. The van der Waals surface area contributed by atoms with E-state index in [4.69, 9.17) is 0 Å². The molecule has 3 heteroatoms. The predicted molar refractivity (Wildman–Crippen MR) is 87.3 cm³/mol. The molecule has 0 N–H and O–H groups in total. The van der Waals surface area contributed by atoms with Crippen LogP contribution in [0.5, 0.6) is 0 Å². The van der Waals surface area contributed by atoms with Gasteiger partial charge in [-0.05, 0) is 18.9 Å². The summed E-state index contributed by atoms with van der Waals surface area (Å²) in [5.74, 6) is -0.994. The highest BCUT2D eigenvalue weighted by Gasteiger charge is 2.14. The van der Waals surface area contributed by atoms with Crippen LogP contribution in [0.25, 0.3) is 0 Å². The SMILES string of the molecule is CCCCCCCCC[n+]1cccc(CC(=O)[O-])c1CCC. The Hall–Kier alpha value is -1.38. The Kier molecular flexibility index (Phi) is 9.52. The molecule has 0 aliphatic carbocycles. The largest absolute Gasteiger partial charge is 0.550 e. The van der Waals surface area contributed by atoms with Crippen LogP contribution in [0, 0.1) is 0 Å². The third-order valence-corrected chi connectivity index (χ3v) is 4.10. The summed E-state index contributed by atoms with van der Waals surface area (Å²) in [6.07, 6.45) is 13.1. The first kappa shape index (κ1) is 18.7. The van der Waals surface area contributed by atoms with E-state index in [-0.39, 0.29) is 6.42 Å². The fourth-order valence-electron chi connectivity index (χ4n) is 2.94. The van der Waals surface area contributed by atoms with E-state index in [2.05, 4.69) is 24.6 Å². The molecular weight excluding hydrogens is 274 g/mol. The molecule has 1 rings (SSSR count). The second kappa shape index (κ2) is 11.2. The lowest BCUT2D eigenvalue weighted by Gasteiger charge is -2.09. The fraction of sp³-hybridized carbons (Fsp3) is 0.684. The summed E-state index contributed by atoms with van der Waals surface area (Å²) >= 11 is 0. The van der Waals surface area contributed by atoms with Crippen molar-refractivity contribution in [3.8, 4) is 0 Å². The predicted octanol–water partition coefficient (Wildman–Crippen LogP) is 2.97. The number of aryl methyl sites for hydroxylation is 1. The lowest BCUT2D eigenvalue weighted by atomic mass is 10.1. The van der Waals surface area contributed by atoms with Crippen LogP contribution in [0.2, 0.25) is 0 Å². The van der Waals surface area contributed by atoms with Crippen LogP contribution >= 0.6 is 0 Å². The Morgan fingerprint density at radius 2 is 1.73 bits per heavy atom. The normalized spacial score (nSPS) is 10.8. The lowest BCUT2D eigenvalue weighted by molar-refractivity contribution is -0.705. The number of carboxylic acid groups (broad SMARTS) is 1. The molecule has 0 unspecified atom stereocenters. The summed E-state index contributed by atoms with van der Waals surface area (Å²) in [5.41, 5.74) is 2.08. The zero-order valence-electron chi connectivity index (χ0n) is 14.3. The zero-order chi connectivity index (χ0) is 16.2. The average Bonchev–Trinajstić information content (AvgIpc) is 2.48. The first-order chi connectivity index (χ1) is 10.7. The topological polar surface area (TPSA) is 44.0 Å². The van der Waals surface area contributed by atoms with Crippen molar-refractivity contribution in [2.45, 2.75) is 84.6 Å². The molecule has 124 valence electrons. The van der Waals surface area contributed by atoms with E-state index < -0.39 is 5.97 Å². The third kappa shape index (κ3) is 7.06. The van der Waals surface area contributed by atoms with Crippen molar-refractivity contribution >= 4 is 5.97 Å². The fourth-order valence-corrected chi connectivity index (χ4v) is 2.94. The van der Waals surface area contributed by atoms with Gasteiger partial charge >= 0.3 is 0 Å². The number of pyridine rings is 1.